The smallest absolute Gasteiger partial charge is 0.253 e. The molecular weight excluding hydrogens is 470 g/mol. The molecule has 0 radical (unpaired) electrons. The van der Waals surface area contributed by atoms with Gasteiger partial charge in [0.2, 0.25) is 11.1 Å². The van der Waals surface area contributed by atoms with Gasteiger partial charge >= 0.3 is 0 Å². The Morgan fingerprint density at radius 1 is 1.28 bits per heavy atom. The molecule has 25 heavy (non-hydrogen) atoms. The highest BCUT2D eigenvalue weighted by atomic mass is 79.9. The van der Waals surface area contributed by atoms with Crippen molar-refractivity contribution in [1.82, 2.24) is 19.6 Å². The molecule has 0 atom stereocenters. The molecule has 3 aromatic rings. The van der Waals surface area contributed by atoms with Gasteiger partial charge in [-0.25, -0.2) is 9.50 Å². The predicted octanol–water partition coefficient (Wildman–Crippen LogP) is 4.17. The van der Waals surface area contributed by atoms with E-state index in [2.05, 4.69) is 52.2 Å². The number of rotatable bonds is 4. The third-order valence-corrected chi connectivity index (χ3v) is 5.44. The number of halogens is 2. The summed E-state index contributed by atoms with van der Waals surface area (Å²) in [7, 11) is 0. The van der Waals surface area contributed by atoms with Crippen LogP contribution in [0.2, 0.25) is 0 Å². The van der Waals surface area contributed by atoms with E-state index in [9.17, 15) is 4.79 Å². The fourth-order valence-corrected chi connectivity index (χ4v) is 3.96. The van der Waals surface area contributed by atoms with E-state index >= 15 is 0 Å². The molecule has 0 aliphatic carbocycles. The zero-order valence-electron chi connectivity index (χ0n) is 13.8. The van der Waals surface area contributed by atoms with Gasteiger partial charge in [-0.2, -0.15) is 4.98 Å². The third kappa shape index (κ3) is 3.88. The van der Waals surface area contributed by atoms with Crippen molar-refractivity contribution in [2.24, 2.45) is 0 Å². The SMILES string of the molecule is CSc1nc2nc(C)c(CC(=O)Nc3ccc(Br)cc3Br)c(C)n2n1. The first-order chi connectivity index (χ1) is 11.9. The van der Waals surface area contributed by atoms with Gasteiger partial charge in [0.1, 0.15) is 0 Å². The van der Waals surface area contributed by atoms with Crippen LogP contribution in [0.5, 0.6) is 0 Å². The number of carbonyl (C=O) groups excluding carboxylic acids is 1. The van der Waals surface area contributed by atoms with Crippen molar-refractivity contribution in [2.75, 3.05) is 11.6 Å². The molecule has 1 aromatic carbocycles. The molecule has 0 aliphatic rings. The molecule has 6 nitrogen and oxygen atoms in total. The van der Waals surface area contributed by atoms with Crippen LogP contribution >= 0.6 is 43.6 Å². The van der Waals surface area contributed by atoms with E-state index in [1.165, 1.54) is 11.8 Å². The predicted molar refractivity (Wildman–Crippen MR) is 106 cm³/mol. The summed E-state index contributed by atoms with van der Waals surface area (Å²) in [5.74, 6) is 0.444. The summed E-state index contributed by atoms with van der Waals surface area (Å²) in [4.78, 5) is 21.3. The van der Waals surface area contributed by atoms with Gasteiger partial charge in [0.15, 0.2) is 0 Å². The molecule has 1 amide bonds. The summed E-state index contributed by atoms with van der Waals surface area (Å²) in [6, 6.07) is 5.61. The maximum absolute atomic E-state index is 12.5. The van der Waals surface area contributed by atoms with Crippen molar-refractivity contribution < 1.29 is 4.79 Å². The van der Waals surface area contributed by atoms with E-state index in [1.54, 1.807) is 4.52 Å². The van der Waals surface area contributed by atoms with Gasteiger partial charge in [-0.15, -0.1) is 5.10 Å². The van der Waals surface area contributed by atoms with Crippen molar-refractivity contribution in [3.63, 3.8) is 0 Å². The third-order valence-electron chi connectivity index (χ3n) is 3.75. The highest BCUT2D eigenvalue weighted by Gasteiger charge is 2.16. The van der Waals surface area contributed by atoms with E-state index in [4.69, 9.17) is 0 Å². The zero-order valence-corrected chi connectivity index (χ0v) is 17.8. The molecule has 2 aromatic heterocycles. The van der Waals surface area contributed by atoms with Crippen molar-refractivity contribution >= 4 is 61.0 Å². The quantitative estimate of drug-likeness (QED) is 0.562. The molecule has 0 bridgehead atoms. The Bertz CT molecular complexity index is 973. The highest BCUT2D eigenvalue weighted by Crippen LogP contribution is 2.26. The number of benzene rings is 1. The van der Waals surface area contributed by atoms with E-state index in [1.807, 2.05) is 38.3 Å². The number of fused-ring (bicyclic) bond motifs is 1. The maximum Gasteiger partial charge on any atom is 0.253 e. The van der Waals surface area contributed by atoms with Crippen LogP contribution in [0.1, 0.15) is 17.0 Å². The fraction of sp³-hybridized carbons (Fsp3) is 0.250. The number of aryl methyl sites for hydroxylation is 2. The Balaban J connectivity index is 1.87. The van der Waals surface area contributed by atoms with Crippen molar-refractivity contribution in [3.8, 4) is 0 Å². The van der Waals surface area contributed by atoms with Crippen LogP contribution in [-0.2, 0) is 11.2 Å². The van der Waals surface area contributed by atoms with E-state index in [0.717, 1.165) is 31.6 Å². The van der Waals surface area contributed by atoms with Crippen molar-refractivity contribution in [2.45, 2.75) is 25.4 Å². The number of anilines is 1. The molecule has 0 saturated heterocycles. The summed E-state index contributed by atoms with van der Waals surface area (Å²) in [6.45, 7) is 3.82. The van der Waals surface area contributed by atoms with Gasteiger partial charge in [-0.1, -0.05) is 27.7 Å². The minimum atomic E-state index is -0.111. The second-order valence-electron chi connectivity index (χ2n) is 5.42. The summed E-state index contributed by atoms with van der Waals surface area (Å²) in [6.07, 6.45) is 2.14. The van der Waals surface area contributed by atoms with Crippen LogP contribution in [0.3, 0.4) is 0 Å². The number of thioether (sulfide) groups is 1. The Labute approximate surface area is 166 Å². The molecule has 1 N–H and O–H groups in total. The first-order valence-electron chi connectivity index (χ1n) is 7.40. The lowest BCUT2D eigenvalue weighted by atomic mass is 10.1. The molecule has 0 fully saturated rings. The zero-order chi connectivity index (χ0) is 18.1. The van der Waals surface area contributed by atoms with Crippen molar-refractivity contribution in [1.29, 1.82) is 0 Å². The minimum absolute atomic E-state index is 0.111. The Hall–Kier alpha value is -1.45. The largest absolute Gasteiger partial charge is 0.325 e. The molecule has 9 heteroatoms. The summed E-state index contributed by atoms with van der Waals surface area (Å²) >= 11 is 8.31. The number of amides is 1. The van der Waals surface area contributed by atoms with Crippen LogP contribution in [0.4, 0.5) is 5.69 Å². The summed E-state index contributed by atoms with van der Waals surface area (Å²) in [5.41, 5.74) is 3.24. The Morgan fingerprint density at radius 3 is 2.72 bits per heavy atom. The van der Waals surface area contributed by atoms with Crippen LogP contribution < -0.4 is 5.32 Å². The summed E-state index contributed by atoms with van der Waals surface area (Å²) in [5, 5.41) is 7.99. The average molecular weight is 485 g/mol. The summed E-state index contributed by atoms with van der Waals surface area (Å²) < 4.78 is 3.45. The topological polar surface area (TPSA) is 72.2 Å². The standard InChI is InChI=1S/C16H15Br2N5OS/c1-8-11(9(2)23-15(19-8)21-16(22-23)25-3)7-14(24)20-13-5-4-10(17)6-12(13)18/h4-6H,7H2,1-3H3,(H,20,24). The van der Waals surface area contributed by atoms with E-state index < -0.39 is 0 Å². The Morgan fingerprint density at radius 2 is 2.04 bits per heavy atom. The van der Waals surface area contributed by atoms with Gasteiger partial charge in [-0.3, -0.25) is 4.79 Å². The van der Waals surface area contributed by atoms with Gasteiger partial charge in [0, 0.05) is 25.9 Å². The number of nitrogens with zero attached hydrogens (tertiary/aromatic N) is 4. The average Bonchev–Trinajstić information content (AvgIpc) is 2.97. The van der Waals surface area contributed by atoms with Crippen LogP contribution in [0.15, 0.2) is 32.3 Å². The number of carbonyl (C=O) groups is 1. The molecule has 3 rings (SSSR count). The molecule has 0 unspecified atom stereocenters. The van der Waals surface area contributed by atoms with E-state index in [-0.39, 0.29) is 12.3 Å². The van der Waals surface area contributed by atoms with Crippen LogP contribution in [-0.4, -0.2) is 31.7 Å². The first-order valence-corrected chi connectivity index (χ1v) is 10.2. The lowest BCUT2D eigenvalue weighted by molar-refractivity contribution is -0.115. The lowest BCUT2D eigenvalue weighted by Gasteiger charge is -2.11. The molecule has 0 spiro atoms. The molecule has 0 aliphatic heterocycles. The highest BCUT2D eigenvalue weighted by molar-refractivity contribution is 9.11. The maximum atomic E-state index is 12.5. The number of hydrogen-bond acceptors (Lipinski definition) is 5. The Kier molecular flexibility index (Phi) is 5.45. The van der Waals surface area contributed by atoms with Gasteiger partial charge in [0.05, 0.1) is 12.1 Å². The van der Waals surface area contributed by atoms with Crippen molar-refractivity contribution in [3.05, 3.63) is 44.1 Å². The second-order valence-corrected chi connectivity index (χ2v) is 7.96. The normalized spacial score (nSPS) is 11.1. The van der Waals surface area contributed by atoms with Gasteiger partial charge < -0.3 is 5.32 Å². The monoisotopic (exact) mass is 483 g/mol. The van der Waals surface area contributed by atoms with Gasteiger partial charge in [-0.05, 0) is 54.2 Å². The van der Waals surface area contributed by atoms with Crippen LogP contribution in [0, 0.1) is 13.8 Å². The number of nitrogens with one attached hydrogen (secondary N) is 1. The molecular formula is C16H15Br2N5OS. The van der Waals surface area contributed by atoms with Gasteiger partial charge in [0.25, 0.3) is 5.78 Å². The second kappa shape index (κ2) is 7.43. The van der Waals surface area contributed by atoms with E-state index in [0.29, 0.717) is 10.9 Å². The molecule has 130 valence electrons. The minimum Gasteiger partial charge on any atom is -0.325 e. The number of hydrogen-bond donors (Lipinski definition) is 1. The molecule has 0 saturated carbocycles. The first kappa shape index (κ1) is 18.3. The fourth-order valence-electron chi connectivity index (χ4n) is 2.48. The van der Waals surface area contributed by atoms with Crippen LogP contribution in [0.25, 0.3) is 5.78 Å². The molecule has 2 heterocycles. The lowest BCUT2D eigenvalue weighted by Crippen LogP contribution is -2.18. The number of aromatic nitrogens is 4.